The lowest BCUT2D eigenvalue weighted by Gasteiger charge is -2.26. The summed E-state index contributed by atoms with van der Waals surface area (Å²) in [5.74, 6) is 1.53. The molecule has 1 aromatic heterocycles. The summed E-state index contributed by atoms with van der Waals surface area (Å²) in [5.41, 5.74) is 0. The van der Waals surface area contributed by atoms with Gasteiger partial charge in [0.1, 0.15) is 12.4 Å². The second-order valence-electron chi connectivity index (χ2n) is 6.90. The van der Waals surface area contributed by atoms with Gasteiger partial charge in [0.15, 0.2) is 5.82 Å². The zero-order valence-electron chi connectivity index (χ0n) is 14.6. The number of ether oxygens (including phenoxy) is 1. The Morgan fingerprint density at radius 3 is 2.62 bits per heavy atom. The molecule has 2 N–H and O–H groups in total. The van der Waals surface area contributed by atoms with Crippen molar-refractivity contribution in [1.29, 1.82) is 0 Å². The maximum absolute atomic E-state index is 12.4. The first kappa shape index (κ1) is 17.2. The molecule has 1 fully saturated rings. The van der Waals surface area contributed by atoms with Gasteiger partial charge in [-0.05, 0) is 25.7 Å². The van der Waals surface area contributed by atoms with E-state index in [1.165, 1.54) is 32.1 Å². The van der Waals surface area contributed by atoms with Gasteiger partial charge in [-0.25, -0.2) is 14.5 Å². The molecule has 1 aliphatic heterocycles. The summed E-state index contributed by atoms with van der Waals surface area (Å²) in [6.07, 6.45) is 10.4. The second kappa shape index (κ2) is 8.46. The van der Waals surface area contributed by atoms with Gasteiger partial charge >= 0.3 is 6.03 Å². The summed E-state index contributed by atoms with van der Waals surface area (Å²) in [7, 11) is 1.64. The molecule has 7 heteroatoms. The van der Waals surface area contributed by atoms with Crippen LogP contribution in [0.25, 0.3) is 0 Å². The normalized spacial score (nSPS) is 22.3. The predicted molar refractivity (Wildman–Crippen MR) is 90.5 cm³/mol. The average molecular weight is 335 g/mol. The molecule has 2 aliphatic rings. The molecule has 0 bridgehead atoms. The highest BCUT2D eigenvalue weighted by Crippen LogP contribution is 2.23. The number of aryl methyl sites for hydroxylation is 1. The van der Waals surface area contributed by atoms with E-state index in [1.807, 2.05) is 4.68 Å². The van der Waals surface area contributed by atoms with Crippen molar-refractivity contribution in [3.05, 3.63) is 11.6 Å². The standard InChI is InChI=1S/C17H29N5O2/c1-24-12-15-20-16-14(10-7-11-22(16)21-15)19-17(23)18-13-8-5-3-2-4-6-9-13/h13-14H,2-12H2,1H3,(H2,18,19,23)/t14-/m0/s1. The van der Waals surface area contributed by atoms with Crippen molar-refractivity contribution >= 4 is 6.03 Å². The Balaban J connectivity index is 1.56. The number of hydrogen-bond acceptors (Lipinski definition) is 4. The molecule has 7 nitrogen and oxygen atoms in total. The maximum Gasteiger partial charge on any atom is 0.315 e. The summed E-state index contributed by atoms with van der Waals surface area (Å²) in [4.78, 5) is 16.9. The Hall–Kier alpha value is -1.63. The number of nitrogens with one attached hydrogen (secondary N) is 2. The van der Waals surface area contributed by atoms with Crippen LogP contribution in [-0.2, 0) is 17.9 Å². The van der Waals surface area contributed by atoms with Crippen molar-refractivity contribution in [1.82, 2.24) is 25.4 Å². The Labute approximate surface area is 143 Å². The summed E-state index contributed by atoms with van der Waals surface area (Å²) in [5, 5.41) is 10.7. The lowest BCUT2D eigenvalue weighted by Crippen LogP contribution is -2.44. The van der Waals surface area contributed by atoms with Crippen LogP contribution in [0.4, 0.5) is 4.79 Å². The number of nitrogens with zero attached hydrogens (tertiary/aromatic N) is 3. The Bertz CT molecular complexity index is 537. The van der Waals surface area contributed by atoms with Crippen LogP contribution in [0.5, 0.6) is 0 Å². The molecule has 134 valence electrons. The van der Waals surface area contributed by atoms with Crippen LogP contribution in [0.15, 0.2) is 0 Å². The molecule has 0 spiro atoms. The molecule has 2 amide bonds. The first-order valence-corrected chi connectivity index (χ1v) is 9.26. The minimum Gasteiger partial charge on any atom is -0.377 e. The summed E-state index contributed by atoms with van der Waals surface area (Å²) in [6.45, 7) is 1.26. The molecule has 1 atom stereocenters. The molecule has 1 aromatic rings. The smallest absolute Gasteiger partial charge is 0.315 e. The zero-order chi connectivity index (χ0) is 16.8. The van der Waals surface area contributed by atoms with E-state index in [-0.39, 0.29) is 12.1 Å². The highest BCUT2D eigenvalue weighted by Gasteiger charge is 2.26. The van der Waals surface area contributed by atoms with Gasteiger partial charge < -0.3 is 15.4 Å². The molecule has 0 unspecified atom stereocenters. The number of fused-ring (bicyclic) bond motifs is 1. The van der Waals surface area contributed by atoms with Crippen molar-refractivity contribution in [2.24, 2.45) is 0 Å². The molecule has 0 saturated heterocycles. The number of amides is 2. The van der Waals surface area contributed by atoms with Crippen LogP contribution >= 0.6 is 0 Å². The SMILES string of the molecule is COCc1nc2n(n1)CCC[C@@H]2NC(=O)NC1CCCCCCC1. The lowest BCUT2D eigenvalue weighted by molar-refractivity contribution is 0.177. The van der Waals surface area contributed by atoms with E-state index in [9.17, 15) is 4.79 Å². The molecule has 0 aromatic carbocycles. The third kappa shape index (κ3) is 4.47. The number of urea groups is 1. The van der Waals surface area contributed by atoms with Gasteiger partial charge in [0.05, 0.1) is 6.04 Å². The summed E-state index contributed by atoms with van der Waals surface area (Å²) < 4.78 is 7.01. The van der Waals surface area contributed by atoms with E-state index < -0.39 is 0 Å². The number of carbonyl (C=O) groups excluding carboxylic acids is 1. The van der Waals surface area contributed by atoms with Gasteiger partial charge in [0.2, 0.25) is 0 Å². The first-order chi connectivity index (χ1) is 11.8. The van der Waals surface area contributed by atoms with Crippen LogP contribution in [0.2, 0.25) is 0 Å². The van der Waals surface area contributed by atoms with Crippen LogP contribution in [0.1, 0.15) is 75.5 Å². The third-order valence-corrected chi connectivity index (χ3v) is 4.94. The minimum atomic E-state index is -0.0738. The number of rotatable bonds is 4. The van der Waals surface area contributed by atoms with E-state index in [1.54, 1.807) is 7.11 Å². The highest BCUT2D eigenvalue weighted by atomic mass is 16.5. The fourth-order valence-corrected chi connectivity index (χ4v) is 3.71. The van der Waals surface area contributed by atoms with Crippen LogP contribution in [0.3, 0.4) is 0 Å². The van der Waals surface area contributed by atoms with Crippen molar-refractivity contribution in [2.45, 2.75) is 83.0 Å². The minimum absolute atomic E-state index is 0.0644. The van der Waals surface area contributed by atoms with E-state index in [2.05, 4.69) is 20.7 Å². The van der Waals surface area contributed by atoms with Crippen LogP contribution < -0.4 is 10.6 Å². The molecule has 3 rings (SSSR count). The van der Waals surface area contributed by atoms with Gasteiger partial charge in [0.25, 0.3) is 0 Å². The number of methoxy groups -OCH3 is 1. The van der Waals surface area contributed by atoms with Gasteiger partial charge in [-0.3, -0.25) is 0 Å². The zero-order valence-corrected chi connectivity index (χ0v) is 14.6. The fourth-order valence-electron chi connectivity index (χ4n) is 3.71. The molecule has 1 saturated carbocycles. The topological polar surface area (TPSA) is 81.1 Å². The van der Waals surface area contributed by atoms with Gasteiger partial charge in [0, 0.05) is 19.7 Å². The van der Waals surface area contributed by atoms with Crippen LogP contribution in [0, 0.1) is 0 Å². The third-order valence-electron chi connectivity index (χ3n) is 4.94. The number of hydrogen-bond donors (Lipinski definition) is 2. The first-order valence-electron chi connectivity index (χ1n) is 9.26. The van der Waals surface area contributed by atoms with Crippen molar-refractivity contribution in [3.63, 3.8) is 0 Å². The Morgan fingerprint density at radius 1 is 1.12 bits per heavy atom. The lowest BCUT2D eigenvalue weighted by atomic mass is 9.97. The highest BCUT2D eigenvalue weighted by molar-refractivity contribution is 5.74. The van der Waals surface area contributed by atoms with Crippen molar-refractivity contribution < 1.29 is 9.53 Å². The van der Waals surface area contributed by atoms with E-state index in [0.29, 0.717) is 18.5 Å². The van der Waals surface area contributed by atoms with Gasteiger partial charge in [-0.15, -0.1) is 0 Å². The Morgan fingerprint density at radius 2 is 1.88 bits per heavy atom. The monoisotopic (exact) mass is 335 g/mol. The number of carbonyl (C=O) groups is 1. The van der Waals surface area contributed by atoms with E-state index in [4.69, 9.17) is 4.74 Å². The van der Waals surface area contributed by atoms with Crippen molar-refractivity contribution in [2.75, 3.05) is 7.11 Å². The molecule has 0 radical (unpaired) electrons. The molecular formula is C17H29N5O2. The van der Waals surface area contributed by atoms with Gasteiger partial charge in [-0.2, -0.15) is 5.10 Å². The number of aromatic nitrogens is 3. The average Bonchev–Trinajstić information content (AvgIpc) is 2.94. The summed E-state index contributed by atoms with van der Waals surface area (Å²) in [6, 6.07) is 0.163. The maximum atomic E-state index is 12.4. The quantitative estimate of drug-likeness (QED) is 0.886. The largest absolute Gasteiger partial charge is 0.377 e. The van der Waals surface area contributed by atoms with Crippen molar-refractivity contribution in [3.8, 4) is 0 Å². The molecule has 2 heterocycles. The Kier molecular flexibility index (Phi) is 6.07. The predicted octanol–water partition coefficient (Wildman–Crippen LogP) is 2.67. The molecule has 24 heavy (non-hydrogen) atoms. The molecule has 1 aliphatic carbocycles. The van der Waals surface area contributed by atoms with E-state index in [0.717, 1.165) is 38.1 Å². The second-order valence-corrected chi connectivity index (χ2v) is 6.90. The molecular weight excluding hydrogens is 306 g/mol. The van der Waals surface area contributed by atoms with Gasteiger partial charge in [-0.1, -0.05) is 32.1 Å². The van der Waals surface area contributed by atoms with Crippen LogP contribution in [-0.4, -0.2) is 33.9 Å². The fraction of sp³-hybridized carbons (Fsp3) is 0.824. The van der Waals surface area contributed by atoms with E-state index >= 15 is 0 Å². The summed E-state index contributed by atoms with van der Waals surface area (Å²) >= 11 is 0.